The molecule has 194 valence electrons. The van der Waals surface area contributed by atoms with Gasteiger partial charge in [-0.05, 0) is 56.2 Å². The minimum atomic E-state index is -0.318. The molecule has 2 fully saturated rings. The number of nitrogens with zero attached hydrogens (tertiary/aromatic N) is 3. The van der Waals surface area contributed by atoms with Crippen molar-refractivity contribution in [1.82, 2.24) is 14.9 Å². The van der Waals surface area contributed by atoms with Crippen molar-refractivity contribution in [1.29, 1.82) is 0 Å². The molecule has 3 aromatic rings. The molecular weight excluding hydrogens is 498 g/mol. The van der Waals surface area contributed by atoms with Gasteiger partial charge in [-0.1, -0.05) is 42.7 Å². The fourth-order valence-corrected chi connectivity index (χ4v) is 5.18. The lowest BCUT2D eigenvalue weighted by atomic mass is 9.90. The summed E-state index contributed by atoms with van der Waals surface area (Å²) in [6, 6.07) is 9.85. The fraction of sp³-hybridized carbons (Fsp3) is 0.300. The number of hydrogen-bond donors (Lipinski definition) is 2. The van der Waals surface area contributed by atoms with Crippen molar-refractivity contribution >= 4 is 51.2 Å². The maximum absolute atomic E-state index is 12.3. The molecule has 8 heteroatoms. The van der Waals surface area contributed by atoms with E-state index >= 15 is 0 Å². The summed E-state index contributed by atoms with van der Waals surface area (Å²) in [7, 11) is 0. The zero-order valence-electron chi connectivity index (χ0n) is 21.6. The van der Waals surface area contributed by atoms with Crippen molar-refractivity contribution in [2.24, 2.45) is 5.41 Å². The lowest BCUT2D eigenvalue weighted by molar-refractivity contribution is -0.111. The second kappa shape index (κ2) is 10.6. The smallest absolute Gasteiger partial charge is 0.247 e. The first-order chi connectivity index (χ1) is 18.3. The number of benzene rings is 2. The third kappa shape index (κ3) is 5.30. The Hall–Kier alpha value is -3.70. The average Bonchev–Trinajstić information content (AvgIpc) is 3.23. The first-order valence-corrected chi connectivity index (χ1v) is 12.9. The number of ether oxygens (including phenoxy) is 1. The van der Waals surface area contributed by atoms with Crippen LogP contribution in [0.3, 0.4) is 0 Å². The van der Waals surface area contributed by atoms with Gasteiger partial charge in [-0.3, -0.25) is 9.69 Å². The molecule has 0 radical (unpaired) electrons. The van der Waals surface area contributed by atoms with Gasteiger partial charge in [-0.25, -0.2) is 9.97 Å². The standard InChI is InChI=1S/C30H30ClN5O2/c1-5-27(37)34-25-14-22-26(13-20(25)9-10-30(4)11-12-36(17-30)21-15-38-16-21)32-18-33-29(22)35-24-8-6-7-23(31)28(24)19(2)3/h5-8,13-14,18,21H,1-2,11-12,15-17H2,3-4H3,(H,34,37)(H,32,33,35). The maximum atomic E-state index is 12.3. The molecule has 7 nitrogen and oxygen atoms in total. The SMILES string of the molecule is C=CC(=O)Nc1cc2c(Nc3cccc(Cl)c3C(=C)C)ncnc2cc1C#CC1(C)CCN(C2COC2)C1. The minimum Gasteiger partial charge on any atom is -0.378 e. The van der Waals surface area contributed by atoms with Crippen LogP contribution in [0, 0.1) is 17.3 Å². The Morgan fingerprint density at radius 1 is 1.29 bits per heavy atom. The summed E-state index contributed by atoms with van der Waals surface area (Å²) >= 11 is 6.45. The summed E-state index contributed by atoms with van der Waals surface area (Å²) in [6.07, 6.45) is 3.73. The fourth-order valence-electron chi connectivity index (χ4n) is 4.85. The van der Waals surface area contributed by atoms with E-state index in [0.29, 0.717) is 33.6 Å². The van der Waals surface area contributed by atoms with E-state index < -0.39 is 0 Å². The van der Waals surface area contributed by atoms with Crippen LogP contribution in [-0.4, -0.2) is 53.1 Å². The summed E-state index contributed by atoms with van der Waals surface area (Å²) in [6.45, 7) is 15.3. The first kappa shape index (κ1) is 25.9. The summed E-state index contributed by atoms with van der Waals surface area (Å²) in [5, 5.41) is 7.62. The van der Waals surface area contributed by atoms with E-state index in [0.717, 1.165) is 54.9 Å². The van der Waals surface area contributed by atoms with Gasteiger partial charge in [0.2, 0.25) is 5.91 Å². The molecule has 1 amide bonds. The lowest BCUT2D eigenvalue weighted by Crippen LogP contribution is -2.48. The number of aromatic nitrogens is 2. The highest BCUT2D eigenvalue weighted by Gasteiger charge is 2.38. The number of fused-ring (bicyclic) bond motifs is 1. The van der Waals surface area contributed by atoms with Gasteiger partial charge in [-0.15, -0.1) is 0 Å². The Morgan fingerprint density at radius 3 is 2.82 bits per heavy atom. The van der Waals surface area contributed by atoms with E-state index in [1.165, 1.54) is 12.4 Å². The van der Waals surface area contributed by atoms with Crippen molar-refractivity contribution in [3.63, 3.8) is 0 Å². The Kier molecular flexibility index (Phi) is 7.22. The second-order valence-corrected chi connectivity index (χ2v) is 10.5. The lowest BCUT2D eigenvalue weighted by Gasteiger charge is -2.35. The van der Waals surface area contributed by atoms with Gasteiger partial charge in [0.05, 0.1) is 41.0 Å². The van der Waals surface area contributed by atoms with Gasteiger partial charge in [0.25, 0.3) is 0 Å². The second-order valence-electron chi connectivity index (χ2n) is 10.1. The molecule has 1 atom stereocenters. The van der Waals surface area contributed by atoms with Crippen LogP contribution in [0.15, 0.2) is 55.9 Å². The topological polar surface area (TPSA) is 79.4 Å². The normalized spacial score (nSPS) is 19.3. The van der Waals surface area contributed by atoms with Crippen LogP contribution < -0.4 is 10.6 Å². The number of carbonyl (C=O) groups is 1. The van der Waals surface area contributed by atoms with Crippen LogP contribution in [-0.2, 0) is 9.53 Å². The number of rotatable bonds is 6. The molecule has 38 heavy (non-hydrogen) atoms. The highest BCUT2D eigenvalue weighted by atomic mass is 35.5. The van der Waals surface area contributed by atoms with Gasteiger partial charge >= 0.3 is 0 Å². The van der Waals surface area contributed by atoms with Crippen LogP contribution in [0.2, 0.25) is 5.02 Å². The van der Waals surface area contributed by atoms with Gasteiger partial charge < -0.3 is 15.4 Å². The molecule has 2 aromatic carbocycles. The first-order valence-electron chi connectivity index (χ1n) is 12.5. The van der Waals surface area contributed by atoms with Crippen molar-refractivity contribution < 1.29 is 9.53 Å². The predicted octanol–water partition coefficient (Wildman–Crippen LogP) is 5.65. The number of likely N-dealkylation sites (tertiary alicyclic amines) is 1. The predicted molar refractivity (Wildman–Crippen MR) is 154 cm³/mol. The van der Waals surface area contributed by atoms with E-state index in [4.69, 9.17) is 16.3 Å². The van der Waals surface area contributed by atoms with E-state index in [2.05, 4.69) is 57.4 Å². The third-order valence-corrected chi connectivity index (χ3v) is 7.36. The molecule has 2 N–H and O–H groups in total. The largest absolute Gasteiger partial charge is 0.378 e. The summed E-state index contributed by atoms with van der Waals surface area (Å²) in [4.78, 5) is 23.7. The zero-order valence-corrected chi connectivity index (χ0v) is 22.4. The van der Waals surface area contributed by atoms with E-state index in [1.807, 2.05) is 37.3 Å². The molecule has 3 heterocycles. The molecule has 0 saturated carbocycles. The molecular formula is C30H30ClN5O2. The van der Waals surface area contributed by atoms with E-state index in [-0.39, 0.29) is 11.3 Å². The number of halogens is 1. The highest BCUT2D eigenvalue weighted by Crippen LogP contribution is 2.35. The van der Waals surface area contributed by atoms with Gasteiger partial charge in [0.15, 0.2) is 0 Å². The van der Waals surface area contributed by atoms with Crippen LogP contribution in [0.5, 0.6) is 0 Å². The molecule has 5 rings (SSSR count). The Morgan fingerprint density at radius 2 is 2.11 bits per heavy atom. The molecule has 2 aliphatic rings. The summed E-state index contributed by atoms with van der Waals surface area (Å²) in [5.74, 6) is 7.10. The van der Waals surface area contributed by atoms with Crippen molar-refractivity contribution in [3.8, 4) is 11.8 Å². The Balaban J connectivity index is 1.53. The molecule has 2 saturated heterocycles. The number of nitrogens with one attached hydrogen (secondary N) is 2. The molecule has 1 unspecified atom stereocenters. The minimum absolute atomic E-state index is 0.145. The van der Waals surface area contributed by atoms with Gasteiger partial charge in [0, 0.05) is 35.1 Å². The van der Waals surface area contributed by atoms with Crippen molar-refractivity contribution in [3.05, 3.63) is 72.0 Å². The number of amides is 1. The third-order valence-electron chi connectivity index (χ3n) is 7.05. The van der Waals surface area contributed by atoms with E-state index in [1.54, 1.807) is 0 Å². The highest BCUT2D eigenvalue weighted by molar-refractivity contribution is 6.33. The summed E-state index contributed by atoms with van der Waals surface area (Å²) in [5.41, 5.74) is 4.24. The van der Waals surface area contributed by atoms with Gasteiger partial charge in [0.1, 0.15) is 12.1 Å². The van der Waals surface area contributed by atoms with E-state index in [9.17, 15) is 4.79 Å². The van der Waals surface area contributed by atoms with Crippen LogP contribution in [0.1, 0.15) is 31.4 Å². The maximum Gasteiger partial charge on any atom is 0.247 e. The Labute approximate surface area is 227 Å². The average molecular weight is 528 g/mol. The van der Waals surface area contributed by atoms with Crippen LogP contribution in [0.25, 0.3) is 16.5 Å². The quantitative estimate of drug-likeness (QED) is 0.319. The monoisotopic (exact) mass is 527 g/mol. The molecule has 1 aromatic heterocycles. The molecule has 0 aliphatic carbocycles. The van der Waals surface area contributed by atoms with Gasteiger partial charge in [-0.2, -0.15) is 0 Å². The van der Waals surface area contributed by atoms with Crippen LogP contribution >= 0.6 is 11.6 Å². The molecule has 0 bridgehead atoms. The zero-order chi connectivity index (χ0) is 26.9. The molecule has 2 aliphatic heterocycles. The van der Waals surface area contributed by atoms with Crippen molar-refractivity contribution in [2.45, 2.75) is 26.3 Å². The molecule has 0 spiro atoms. The summed E-state index contributed by atoms with van der Waals surface area (Å²) < 4.78 is 5.37. The number of allylic oxidation sites excluding steroid dienone is 1. The number of hydrogen-bond acceptors (Lipinski definition) is 6. The van der Waals surface area contributed by atoms with Crippen LogP contribution in [0.4, 0.5) is 17.2 Å². The number of carbonyl (C=O) groups excluding carboxylic acids is 1. The van der Waals surface area contributed by atoms with Crippen molar-refractivity contribution in [2.75, 3.05) is 36.9 Å². The number of anilines is 3. The Bertz CT molecular complexity index is 1500.